The number of aliphatic hydroxyl groups excluding tert-OH is 2. The summed E-state index contributed by atoms with van der Waals surface area (Å²) < 4.78 is 5.32. The third-order valence-electron chi connectivity index (χ3n) is 5.77. The van der Waals surface area contributed by atoms with Gasteiger partial charge in [-0.1, -0.05) is 36.4 Å². The smallest absolute Gasteiger partial charge is 0.119 e. The Hall–Kier alpha value is -1.55. The van der Waals surface area contributed by atoms with Crippen molar-refractivity contribution in [1.29, 1.82) is 0 Å². The van der Waals surface area contributed by atoms with Crippen LogP contribution in [0.25, 0.3) is 0 Å². The molecule has 0 spiro atoms. The lowest BCUT2D eigenvalue weighted by Crippen LogP contribution is -2.23. The maximum absolute atomic E-state index is 10.6. The zero-order chi connectivity index (χ0) is 19.2. The molecule has 3 rings (SSSR count). The molecule has 1 saturated carbocycles. The first-order valence-corrected chi connectivity index (χ1v) is 10.2. The lowest BCUT2D eigenvalue weighted by molar-refractivity contribution is 0.115. The summed E-state index contributed by atoms with van der Waals surface area (Å²) in [6.07, 6.45) is 3.75. The van der Waals surface area contributed by atoms with E-state index < -0.39 is 0 Å². The molecule has 2 unspecified atom stereocenters. The Kier molecular flexibility index (Phi) is 7.17. The number of halogens is 1. The Labute approximate surface area is 167 Å². The van der Waals surface area contributed by atoms with E-state index in [0.29, 0.717) is 18.8 Å². The molecular weight excluding hydrogens is 360 g/mol. The molecule has 2 N–H and O–H groups in total. The number of ether oxygens (including phenoxy) is 1. The van der Waals surface area contributed by atoms with Crippen molar-refractivity contribution in [2.24, 2.45) is 11.8 Å². The zero-order valence-electron chi connectivity index (χ0n) is 15.9. The number of benzene rings is 2. The van der Waals surface area contributed by atoms with Crippen molar-refractivity contribution in [3.63, 3.8) is 0 Å². The standard InChI is InChI=1S/C23H29ClO3/c1-27-19-4-2-3-18(13-19)14-21-20(22(24)15-23(21)26)10-9-16-5-7-17(8-6-16)11-12-25/h2-8,13,20-23,25-26H,9-12,14-15H2,1H3/t20-,21-,22?,23?/m1/s1. The number of rotatable bonds is 8. The lowest BCUT2D eigenvalue weighted by Gasteiger charge is -2.24. The zero-order valence-corrected chi connectivity index (χ0v) is 16.6. The van der Waals surface area contributed by atoms with Crippen LogP contribution in [-0.2, 0) is 19.3 Å². The summed E-state index contributed by atoms with van der Waals surface area (Å²) in [4.78, 5) is 0. The maximum atomic E-state index is 10.6. The van der Waals surface area contributed by atoms with Gasteiger partial charge in [0.05, 0.1) is 13.2 Å². The molecule has 3 nitrogen and oxygen atoms in total. The monoisotopic (exact) mass is 388 g/mol. The molecule has 2 aromatic carbocycles. The van der Waals surface area contributed by atoms with Gasteiger partial charge in [0.25, 0.3) is 0 Å². The van der Waals surface area contributed by atoms with E-state index in [0.717, 1.165) is 30.6 Å². The second-order valence-electron chi connectivity index (χ2n) is 7.53. The second kappa shape index (κ2) is 9.59. The van der Waals surface area contributed by atoms with Crippen LogP contribution in [0.3, 0.4) is 0 Å². The Morgan fingerprint density at radius 3 is 2.37 bits per heavy atom. The van der Waals surface area contributed by atoms with E-state index in [-0.39, 0.29) is 24.0 Å². The molecule has 1 aliphatic carbocycles. The van der Waals surface area contributed by atoms with Crippen LogP contribution in [-0.4, -0.2) is 35.4 Å². The van der Waals surface area contributed by atoms with Crippen molar-refractivity contribution < 1.29 is 14.9 Å². The SMILES string of the molecule is COc1cccc(C[C@H]2C(O)CC(Cl)[C@@H]2CCc2ccc(CCO)cc2)c1. The summed E-state index contributed by atoms with van der Waals surface area (Å²) in [6.45, 7) is 0.180. The van der Waals surface area contributed by atoms with Crippen LogP contribution in [0, 0.1) is 11.8 Å². The molecule has 27 heavy (non-hydrogen) atoms. The summed E-state index contributed by atoms with van der Waals surface area (Å²) >= 11 is 6.61. The van der Waals surface area contributed by atoms with Gasteiger partial charge in [0, 0.05) is 12.0 Å². The van der Waals surface area contributed by atoms with E-state index in [9.17, 15) is 5.11 Å². The Bertz CT molecular complexity index is 716. The van der Waals surface area contributed by atoms with Gasteiger partial charge >= 0.3 is 0 Å². The number of aryl methyl sites for hydroxylation is 1. The molecule has 4 heteroatoms. The molecule has 0 aromatic heterocycles. The molecular formula is C23H29ClO3. The van der Waals surface area contributed by atoms with E-state index in [4.69, 9.17) is 21.4 Å². The highest BCUT2D eigenvalue weighted by molar-refractivity contribution is 6.21. The van der Waals surface area contributed by atoms with Crippen LogP contribution in [0.1, 0.15) is 29.5 Å². The highest BCUT2D eigenvalue weighted by atomic mass is 35.5. The minimum atomic E-state index is -0.351. The van der Waals surface area contributed by atoms with E-state index in [2.05, 4.69) is 30.3 Å². The minimum Gasteiger partial charge on any atom is -0.497 e. The van der Waals surface area contributed by atoms with Crippen LogP contribution in [0.4, 0.5) is 0 Å². The van der Waals surface area contributed by atoms with Crippen LogP contribution in [0.15, 0.2) is 48.5 Å². The van der Waals surface area contributed by atoms with Crippen molar-refractivity contribution in [3.8, 4) is 5.75 Å². The summed E-state index contributed by atoms with van der Waals surface area (Å²) in [5, 5.41) is 19.6. The van der Waals surface area contributed by atoms with Gasteiger partial charge in [-0.05, 0) is 72.8 Å². The second-order valence-corrected chi connectivity index (χ2v) is 8.09. The van der Waals surface area contributed by atoms with Gasteiger partial charge in [0.2, 0.25) is 0 Å². The summed E-state index contributed by atoms with van der Waals surface area (Å²) in [6, 6.07) is 16.5. The fraction of sp³-hybridized carbons (Fsp3) is 0.478. The molecule has 1 fully saturated rings. The number of alkyl halides is 1. The van der Waals surface area contributed by atoms with Crippen molar-refractivity contribution in [1.82, 2.24) is 0 Å². The molecule has 4 atom stereocenters. The Morgan fingerprint density at radius 2 is 1.70 bits per heavy atom. The molecule has 0 aliphatic heterocycles. The van der Waals surface area contributed by atoms with Crippen LogP contribution < -0.4 is 4.74 Å². The molecule has 1 aliphatic rings. The van der Waals surface area contributed by atoms with E-state index in [1.54, 1.807) is 7.11 Å². The number of hydrogen-bond acceptors (Lipinski definition) is 3. The quantitative estimate of drug-likeness (QED) is 0.672. The van der Waals surface area contributed by atoms with Gasteiger partial charge in [-0.3, -0.25) is 0 Å². The number of aliphatic hydroxyl groups is 2. The van der Waals surface area contributed by atoms with Crippen LogP contribution in [0.2, 0.25) is 0 Å². The first-order valence-electron chi connectivity index (χ1n) is 9.74. The van der Waals surface area contributed by atoms with Crippen molar-refractivity contribution in [2.75, 3.05) is 13.7 Å². The van der Waals surface area contributed by atoms with E-state index in [1.165, 1.54) is 11.1 Å². The highest BCUT2D eigenvalue weighted by Crippen LogP contribution is 2.41. The van der Waals surface area contributed by atoms with Crippen molar-refractivity contribution >= 4 is 11.6 Å². The molecule has 2 aromatic rings. The van der Waals surface area contributed by atoms with Gasteiger partial charge in [0.15, 0.2) is 0 Å². The number of hydrogen-bond donors (Lipinski definition) is 2. The predicted octanol–water partition coefficient (Wildman–Crippen LogP) is 4.01. The fourth-order valence-electron chi connectivity index (χ4n) is 4.22. The third kappa shape index (κ3) is 5.25. The Morgan fingerprint density at radius 1 is 1.00 bits per heavy atom. The lowest BCUT2D eigenvalue weighted by atomic mass is 9.84. The minimum absolute atomic E-state index is 0.0178. The first-order chi connectivity index (χ1) is 13.1. The fourth-order valence-corrected chi connectivity index (χ4v) is 4.72. The van der Waals surface area contributed by atoms with E-state index >= 15 is 0 Å². The number of methoxy groups -OCH3 is 1. The molecule has 0 heterocycles. The molecule has 146 valence electrons. The average molecular weight is 389 g/mol. The topological polar surface area (TPSA) is 49.7 Å². The first kappa shape index (κ1) is 20.2. The molecule has 0 radical (unpaired) electrons. The van der Waals surface area contributed by atoms with Gasteiger partial charge in [-0.2, -0.15) is 0 Å². The highest BCUT2D eigenvalue weighted by Gasteiger charge is 2.41. The van der Waals surface area contributed by atoms with Gasteiger partial charge in [-0.25, -0.2) is 0 Å². The van der Waals surface area contributed by atoms with Gasteiger partial charge in [-0.15, -0.1) is 11.6 Å². The average Bonchev–Trinajstić information content (AvgIpc) is 2.94. The van der Waals surface area contributed by atoms with Crippen molar-refractivity contribution in [2.45, 2.75) is 43.6 Å². The van der Waals surface area contributed by atoms with Crippen molar-refractivity contribution in [3.05, 3.63) is 65.2 Å². The van der Waals surface area contributed by atoms with Crippen LogP contribution >= 0.6 is 11.6 Å². The third-order valence-corrected chi connectivity index (χ3v) is 6.27. The largest absolute Gasteiger partial charge is 0.497 e. The molecule has 0 saturated heterocycles. The predicted molar refractivity (Wildman–Crippen MR) is 109 cm³/mol. The summed E-state index contributed by atoms with van der Waals surface area (Å²) in [7, 11) is 1.67. The van der Waals surface area contributed by atoms with E-state index in [1.807, 2.05) is 18.2 Å². The molecule has 0 amide bonds. The Balaban J connectivity index is 1.64. The van der Waals surface area contributed by atoms with Gasteiger partial charge < -0.3 is 14.9 Å². The summed E-state index contributed by atoms with van der Waals surface area (Å²) in [5.41, 5.74) is 3.62. The van der Waals surface area contributed by atoms with Gasteiger partial charge in [0.1, 0.15) is 5.75 Å². The molecule has 0 bridgehead atoms. The maximum Gasteiger partial charge on any atom is 0.119 e. The normalized spacial score (nSPS) is 24.9. The van der Waals surface area contributed by atoms with Crippen LogP contribution in [0.5, 0.6) is 5.75 Å². The summed E-state index contributed by atoms with van der Waals surface area (Å²) in [5.74, 6) is 1.32.